The Morgan fingerprint density at radius 3 is 2.52 bits per heavy atom. The summed E-state index contributed by atoms with van der Waals surface area (Å²) in [5.41, 5.74) is -0.323. The van der Waals surface area contributed by atoms with Crippen molar-refractivity contribution in [2.24, 2.45) is 4.99 Å². The van der Waals surface area contributed by atoms with Crippen LogP contribution >= 0.6 is 11.8 Å². The van der Waals surface area contributed by atoms with Crippen LogP contribution in [0.3, 0.4) is 0 Å². The first kappa shape index (κ1) is 22.2. The summed E-state index contributed by atoms with van der Waals surface area (Å²) >= 11 is 1.08. The van der Waals surface area contributed by atoms with Gasteiger partial charge >= 0.3 is 6.18 Å². The maximum Gasteiger partial charge on any atom is 0.417 e. The van der Waals surface area contributed by atoms with Crippen molar-refractivity contribution in [2.45, 2.75) is 55.6 Å². The van der Waals surface area contributed by atoms with Crippen LogP contribution in [-0.4, -0.2) is 71.1 Å². The van der Waals surface area contributed by atoms with Gasteiger partial charge in [0.1, 0.15) is 29.5 Å². The lowest BCUT2D eigenvalue weighted by Crippen LogP contribution is -2.63. The maximum absolute atomic E-state index is 13.7. The van der Waals surface area contributed by atoms with Crippen LogP contribution < -0.4 is 10.1 Å². The highest BCUT2D eigenvalue weighted by molar-refractivity contribution is 8.14. The molecular weight excluding hydrogens is 413 g/mol. The van der Waals surface area contributed by atoms with Crippen molar-refractivity contribution < 1.29 is 37.6 Å². The first-order chi connectivity index (χ1) is 13.7. The average molecular weight is 436 g/mol. The van der Waals surface area contributed by atoms with Crippen molar-refractivity contribution in [3.05, 3.63) is 29.8 Å². The van der Waals surface area contributed by atoms with E-state index in [0.717, 1.165) is 11.8 Å². The number of benzene rings is 1. The molecule has 2 heterocycles. The Kier molecular flexibility index (Phi) is 6.94. The van der Waals surface area contributed by atoms with Gasteiger partial charge in [0, 0.05) is 6.54 Å². The molecule has 3 rings (SSSR count). The Morgan fingerprint density at radius 2 is 1.93 bits per heavy atom. The molecule has 6 unspecified atom stereocenters. The van der Waals surface area contributed by atoms with Crippen molar-refractivity contribution in [2.75, 3.05) is 13.7 Å². The number of hydrogen-bond donors (Lipinski definition) is 3. The minimum absolute atomic E-state index is 0.348. The van der Waals surface area contributed by atoms with Gasteiger partial charge < -0.3 is 29.7 Å². The topological polar surface area (TPSA) is 92.5 Å². The Bertz CT molecular complexity index is 718. The van der Waals surface area contributed by atoms with E-state index in [9.17, 15) is 23.4 Å². The highest BCUT2D eigenvalue weighted by atomic mass is 32.2. The number of halogens is 3. The van der Waals surface area contributed by atoms with Gasteiger partial charge in [0.25, 0.3) is 0 Å². The summed E-state index contributed by atoms with van der Waals surface area (Å²) in [7, 11) is 1.48. The van der Waals surface area contributed by atoms with Gasteiger partial charge in [0.15, 0.2) is 11.3 Å². The van der Waals surface area contributed by atoms with E-state index in [1.54, 1.807) is 31.2 Å². The second-order valence-electron chi connectivity index (χ2n) is 6.64. The van der Waals surface area contributed by atoms with E-state index in [1.807, 2.05) is 0 Å². The number of nitrogens with one attached hydrogen (secondary N) is 1. The normalized spacial score (nSPS) is 32.0. The van der Waals surface area contributed by atoms with Crippen LogP contribution in [0.1, 0.15) is 12.5 Å². The summed E-state index contributed by atoms with van der Waals surface area (Å²) in [6.45, 7) is 1.92. The smallest absolute Gasteiger partial charge is 0.417 e. The Labute approximate surface area is 170 Å². The number of amidine groups is 1. The average Bonchev–Trinajstić information content (AvgIpc) is 3.08. The number of fused-ring (bicyclic) bond motifs is 1. The quantitative estimate of drug-likeness (QED) is 0.625. The molecule has 3 N–H and O–H groups in total. The highest BCUT2D eigenvalue weighted by Gasteiger charge is 2.57. The summed E-state index contributed by atoms with van der Waals surface area (Å²) in [6.07, 6.45) is -12.2. The van der Waals surface area contributed by atoms with Gasteiger partial charge in [-0.05, 0) is 24.6 Å². The van der Waals surface area contributed by atoms with Crippen molar-refractivity contribution in [3.8, 4) is 5.75 Å². The molecule has 162 valence electrons. The van der Waals surface area contributed by atoms with Crippen molar-refractivity contribution in [3.63, 3.8) is 0 Å². The summed E-state index contributed by atoms with van der Waals surface area (Å²) in [5.74, 6) is 0.566. The highest BCUT2D eigenvalue weighted by Crippen LogP contribution is 2.39. The van der Waals surface area contributed by atoms with Gasteiger partial charge in [0.05, 0.1) is 19.8 Å². The molecule has 0 aliphatic carbocycles. The van der Waals surface area contributed by atoms with E-state index in [4.69, 9.17) is 14.2 Å². The van der Waals surface area contributed by atoms with Gasteiger partial charge in [-0.15, -0.1) is 0 Å². The number of aliphatic hydroxyl groups excluding tert-OH is 2. The van der Waals surface area contributed by atoms with Crippen LogP contribution in [-0.2, 0) is 16.1 Å². The van der Waals surface area contributed by atoms with Crippen molar-refractivity contribution in [1.82, 2.24) is 5.32 Å². The minimum atomic E-state index is -4.80. The van der Waals surface area contributed by atoms with E-state index in [2.05, 4.69) is 10.3 Å². The summed E-state index contributed by atoms with van der Waals surface area (Å²) in [6, 6.07) is 5.62. The Hall–Kier alpha value is -1.53. The number of thioether (sulfide) groups is 1. The van der Waals surface area contributed by atoms with Gasteiger partial charge in [-0.25, -0.2) is 0 Å². The van der Waals surface area contributed by atoms with E-state index in [0.29, 0.717) is 23.0 Å². The molecule has 2 aliphatic heterocycles. The molecule has 1 aromatic rings. The van der Waals surface area contributed by atoms with Gasteiger partial charge in [-0.2, -0.15) is 13.2 Å². The van der Waals surface area contributed by atoms with E-state index in [-0.39, 0.29) is 6.61 Å². The predicted octanol–water partition coefficient (Wildman–Crippen LogP) is 1.67. The molecule has 2 saturated heterocycles. The molecule has 0 bridgehead atoms. The Morgan fingerprint density at radius 1 is 1.24 bits per heavy atom. The summed E-state index contributed by atoms with van der Waals surface area (Å²) in [4.78, 5) is 4.15. The fourth-order valence-corrected chi connectivity index (χ4v) is 4.38. The largest absolute Gasteiger partial charge is 0.497 e. The van der Waals surface area contributed by atoms with Gasteiger partial charge in [-0.1, -0.05) is 23.9 Å². The molecule has 7 nitrogen and oxygen atoms in total. The third-order valence-electron chi connectivity index (χ3n) is 4.67. The number of hydrogen-bond acceptors (Lipinski definition) is 7. The Balaban J connectivity index is 1.74. The van der Waals surface area contributed by atoms with E-state index >= 15 is 0 Å². The molecule has 2 fully saturated rings. The monoisotopic (exact) mass is 436 g/mol. The molecule has 0 aromatic heterocycles. The molecular formula is C18H23F3N2O5S. The standard InChI is InChI=1S/C18H23F3N2O5S/c1-3-22-17-23-11-12(24)13(25)14(28-16(11)29-17)15(18(19,20)21)27-8-9-4-6-10(26-2)7-5-9/h4-7,11-16,24-25H,3,8H2,1-2H3,(H,22,23). The zero-order valence-electron chi connectivity index (χ0n) is 15.8. The molecule has 0 radical (unpaired) electrons. The van der Waals surface area contributed by atoms with E-state index < -0.39 is 42.1 Å². The third kappa shape index (κ3) is 4.97. The molecule has 11 heteroatoms. The fourth-order valence-electron chi connectivity index (χ4n) is 3.19. The molecule has 1 aromatic carbocycles. The van der Waals surface area contributed by atoms with Crippen molar-refractivity contribution >= 4 is 16.9 Å². The molecule has 2 aliphatic rings. The second kappa shape index (κ2) is 9.09. The van der Waals surface area contributed by atoms with E-state index in [1.165, 1.54) is 7.11 Å². The van der Waals surface area contributed by atoms with Crippen LogP contribution in [0.15, 0.2) is 29.3 Å². The SMILES string of the molecule is CCN=C1NC2C(OC(C(OCc3ccc(OC)cc3)C(F)(F)F)C(O)C2O)S1. The van der Waals surface area contributed by atoms with Crippen LogP contribution in [0.5, 0.6) is 5.75 Å². The lowest BCUT2D eigenvalue weighted by Gasteiger charge is -2.42. The second-order valence-corrected chi connectivity index (χ2v) is 7.73. The fraction of sp³-hybridized carbons (Fsp3) is 0.611. The first-order valence-corrected chi connectivity index (χ1v) is 9.93. The molecule has 0 amide bonds. The van der Waals surface area contributed by atoms with Gasteiger partial charge in [-0.3, -0.25) is 4.99 Å². The zero-order chi connectivity index (χ0) is 21.2. The first-order valence-electron chi connectivity index (χ1n) is 9.05. The molecule has 0 saturated carbocycles. The van der Waals surface area contributed by atoms with Crippen LogP contribution in [0.4, 0.5) is 13.2 Å². The number of alkyl halides is 3. The third-order valence-corrected chi connectivity index (χ3v) is 5.78. The number of aliphatic hydroxyl groups is 2. The number of rotatable bonds is 6. The summed E-state index contributed by atoms with van der Waals surface area (Å²) in [5, 5.41) is 24.0. The predicted molar refractivity (Wildman–Crippen MR) is 101 cm³/mol. The maximum atomic E-state index is 13.7. The number of methoxy groups -OCH3 is 1. The van der Waals surface area contributed by atoms with Crippen LogP contribution in [0.25, 0.3) is 0 Å². The lowest BCUT2D eigenvalue weighted by molar-refractivity contribution is -0.287. The molecule has 6 atom stereocenters. The van der Waals surface area contributed by atoms with Crippen molar-refractivity contribution in [1.29, 1.82) is 0 Å². The van der Waals surface area contributed by atoms with Gasteiger partial charge in [0.2, 0.25) is 0 Å². The minimum Gasteiger partial charge on any atom is -0.497 e. The lowest BCUT2D eigenvalue weighted by atomic mass is 9.94. The number of ether oxygens (including phenoxy) is 3. The molecule has 29 heavy (non-hydrogen) atoms. The number of aliphatic imine (C=N–C) groups is 1. The molecule has 0 spiro atoms. The summed E-state index contributed by atoms with van der Waals surface area (Å²) < 4.78 is 56.8. The van der Waals surface area contributed by atoms with Crippen LogP contribution in [0.2, 0.25) is 0 Å². The van der Waals surface area contributed by atoms with Crippen LogP contribution in [0, 0.1) is 0 Å². The number of nitrogens with zero attached hydrogens (tertiary/aromatic N) is 1. The zero-order valence-corrected chi connectivity index (χ0v) is 16.6.